The standard InChI is InChI=1S/C16H24N2O4/c1-3-20-10-13-5-4-6-16(13)11-18(7-8-21-16)15(19)14-9-12(2)22-17-14/h9,13H,3-8,10-11H2,1-2H3/t13-,16+/m1/s1. The van der Waals surface area contributed by atoms with Gasteiger partial charge in [0.05, 0.1) is 25.4 Å². The molecule has 1 aliphatic heterocycles. The van der Waals surface area contributed by atoms with E-state index in [-0.39, 0.29) is 11.5 Å². The summed E-state index contributed by atoms with van der Waals surface area (Å²) >= 11 is 0. The highest BCUT2D eigenvalue weighted by molar-refractivity contribution is 5.92. The molecule has 1 saturated heterocycles. The van der Waals surface area contributed by atoms with E-state index >= 15 is 0 Å². The molecule has 0 N–H and O–H groups in total. The van der Waals surface area contributed by atoms with Gasteiger partial charge in [0.25, 0.3) is 5.91 Å². The Kier molecular flexibility index (Phi) is 4.49. The van der Waals surface area contributed by atoms with Crippen LogP contribution < -0.4 is 0 Å². The van der Waals surface area contributed by atoms with E-state index in [0.717, 1.165) is 19.3 Å². The van der Waals surface area contributed by atoms with E-state index in [1.54, 1.807) is 13.0 Å². The van der Waals surface area contributed by atoms with Crippen LogP contribution in [0.15, 0.2) is 10.6 Å². The van der Waals surface area contributed by atoms with Crippen LogP contribution in [0.5, 0.6) is 0 Å². The molecule has 2 fully saturated rings. The van der Waals surface area contributed by atoms with E-state index in [9.17, 15) is 4.79 Å². The normalized spacial score (nSPS) is 28.5. The first kappa shape index (κ1) is 15.5. The number of nitrogens with zero attached hydrogens (tertiary/aromatic N) is 2. The zero-order chi connectivity index (χ0) is 15.6. The quantitative estimate of drug-likeness (QED) is 0.851. The third-order valence-corrected chi connectivity index (χ3v) is 4.76. The molecule has 1 amide bonds. The summed E-state index contributed by atoms with van der Waals surface area (Å²) in [5.41, 5.74) is 0.135. The molecule has 2 atom stereocenters. The van der Waals surface area contributed by atoms with Gasteiger partial charge in [-0.1, -0.05) is 11.6 Å². The fourth-order valence-electron chi connectivity index (χ4n) is 3.62. The van der Waals surface area contributed by atoms with E-state index in [1.807, 2.05) is 11.8 Å². The van der Waals surface area contributed by atoms with Crippen LogP contribution in [0.4, 0.5) is 0 Å². The number of carbonyl (C=O) groups is 1. The molecule has 1 saturated carbocycles. The number of hydrogen-bond donors (Lipinski definition) is 0. The van der Waals surface area contributed by atoms with E-state index in [1.165, 1.54) is 0 Å². The number of aryl methyl sites for hydroxylation is 1. The number of carbonyl (C=O) groups excluding carboxylic acids is 1. The van der Waals surface area contributed by atoms with Crippen molar-refractivity contribution >= 4 is 5.91 Å². The van der Waals surface area contributed by atoms with Gasteiger partial charge in [0.1, 0.15) is 5.76 Å². The number of amides is 1. The minimum atomic E-state index is -0.248. The SMILES string of the molecule is CCOC[C@H]1CCC[C@]12CN(C(=O)c1cc(C)on1)CCO2. The van der Waals surface area contributed by atoms with Gasteiger partial charge in [-0.3, -0.25) is 4.79 Å². The second kappa shape index (κ2) is 6.38. The number of aromatic nitrogens is 1. The molecular weight excluding hydrogens is 284 g/mol. The van der Waals surface area contributed by atoms with Gasteiger partial charge >= 0.3 is 0 Å². The molecule has 2 heterocycles. The second-order valence-corrected chi connectivity index (χ2v) is 6.21. The maximum atomic E-state index is 12.6. The third kappa shape index (κ3) is 2.90. The molecule has 0 aromatic carbocycles. The van der Waals surface area contributed by atoms with Crippen LogP contribution in [-0.2, 0) is 9.47 Å². The fraction of sp³-hybridized carbons (Fsp3) is 0.750. The van der Waals surface area contributed by atoms with Crippen molar-refractivity contribution in [2.75, 3.05) is 32.9 Å². The van der Waals surface area contributed by atoms with Crippen LogP contribution in [-0.4, -0.2) is 54.5 Å². The number of rotatable bonds is 4. The van der Waals surface area contributed by atoms with Gasteiger partial charge in [-0.05, 0) is 26.7 Å². The Balaban J connectivity index is 1.71. The Morgan fingerprint density at radius 1 is 1.59 bits per heavy atom. The van der Waals surface area contributed by atoms with Crippen molar-refractivity contribution in [1.82, 2.24) is 10.1 Å². The molecule has 0 radical (unpaired) electrons. The summed E-state index contributed by atoms with van der Waals surface area (Å²) in [5, 5.41) is 3.84. The van der Waals surface area contributed by atoms with Gasteiger partial charge in [0, 0.05) is 25.1 Å². The fourth-order valence-corrected chi connectivity index (χ4v) is 3.62. The Hall–Kier alpha value is -1.40. The molecule has 0 unspecified atom stereocenters. The predicted molar refractivity (Wildman–Crippen MR) is 79.7 cm³/mol. The smallest absolute Gasteiger partial charge is 0.276 e. The third-order valence-electron chi connectivity index (χ3n) is 4.76. The summed E-state index contributed by atoms with van der Waals surface area (Å²) in [5.74, 6) is 0.949. The molecule has 122 valence electrons. The van der Waals surface area contributed by atoms with Gasteiger partial charge in [-0.15, -0.1) is 0 Å². The first-order valence-corrected chi connectivity index (χ1v) is 8.09. The van der Waals surface area contributed by atoms with Crippen molar-refractivity contribution in [3.8, 4) is 0 Å². The monoisotopic (exact) mass is 308 g/mol. The molecule has 2 aliphatic rings. The van der Waals surface area contributed by atoms with E-state index < -0.39 is 0 Å². The molecule has 1 aliphatic carbocycles. The Bertz CT molecular complexity index is 530. The topological polar surface area (TPSA) is 64.8 Å². The van der Waals surface area contributed by atoms with Crippen molar-refractivity contribution < 1.29 is 18.8 Å². The van der Waals surface area contributed by atoms with Crippen LogP contribution in [0, 0.1) is 12.8 Å². The number of hydrogen-bond acceptors (Lipinski definition) is 5. The zero-order valence-corrected chi connectivity index (χ0v) is 13.3. The molecule has 3 rings (SSSR count). The molecule has 22 heavy (non-hydrogen) atoms. The second-order valence-electron chi connectivity index (χ2n) is 6.21. The molecule has 1 aromatic heterocycles. The lowest BCUT2D eigenvalue weighted by Crippen LogP contribution is -2.56. The summed E-state index contributed by atoms with van der Waals surface area (Å²) < 4.78 is 16.8. The summed E-state index contributed by atoms with van der Waals surface area (Å²) in [7, 11) is 0. The van der Waals surface area contributed by atoms with E-state index in [0.29, 0.717) is 50.3 Å². The highest BCUT2D eigenvalue weighted by Gasteiger charge is 2.48. The van der Waals surface area contributed by atoms with E-state index in [4.69, 9.17) is 14.0 Å². The minimum Gasteiger partial charge on any atom is -0.381 e. The summed E-state index contributed by atoms with van der Waals surface area (Å²) in [6, 6.07) is 1.69. The van der Waals surface area contributed by atoms with Crippen LogP contribution in [0.1, 0.15) is 42.4 Å². The average Bonchev–Trinajstić information content (AvgIpc) is 3.11. The Morgan fingerprint density at radius 2 is 2.45 bits per heavy atom. The molecule has 6 heteroatoms. The summed E-state index contributed by atoms with van der Waals surface area (Å²) in [4.78, 5) is 14.4. The van der Waals surface area contributed by atoms with Crippen molar-refractivity contribution in [3.63, 3.8) is 0 Å². The van der Waals surface area contributed by atoms with Crippen LogP contribution in [0.2, 0.25) is 0 Å². The van der Waals surface area contributed by atoms with Gasteiger partial charge in [0.2, 0.25) is 0 Å². The van der Waals surface area contributed by atoms with E-state index in [2.05, 4.69) is 5.16 Å². The number of ether oxygens (including phenoxy) is 2. The van der Waals surface area contributed by atoms with Crippen LogP contribution in [0.25, 0.3) is 0 Å². The zero-order valence-electron chi connectivity index (χ0n) is 13.3. The van der Waals surface area contributed by atoms with Crippen molar-refractivity contribution in [3.05, 3.63) is 17.5 Å². The summed E-state index contributed by atoms with van der Waals surface area (Å²) in [6.07, 6.45) is 3.22. The summed E-state index contributed by atoms with van der Waals surface area (Å²) in [6.45, 7) is 7.02. The van der Waals surface area contributed by atoms with Crippen molar-refractivity contribution in [2.45, 2.75) is 38.7 Å². The molecular formula is C16H24N2O4. The molecule has 6 nitrogen and oxygen atoms in total. The maximum absolute atomic E-state index is 12.6. The largest absolute Gasteiger partial charge is 0.381 e. The van der Waals surface area contributed by atoms with Crippen LogP contribution >= 0.6 is 0 Å². The van der Waals surface area contributed by atoms with Crippen LogP contribution in [0.3, 0.4) is 0 Å². The molecule has 1 aromatic rings. The first-order chi connectivity index (χ1) is 10.6. The average molecular weight is 308 g/mol. The highest BCUT2D eigenvalue weighted by atomic mass is 16.5. The van der Waals surface area contributed by atoms with Gasteiger partial charge in [-0.25, -0.2) is 0 Å². The lowest BCUT2D eigenvalue weighted by atomic mass is 9.89. The lowest BCUT2D eigenvalue weighted by molar-refractivity contribution is -0.132. The Labute approximate surface area is 130 Å². The minimum absolute atomic E-state index is 0.0680. The predicted octanol–water partition coefficient (Wildman–Crippen LogP) is 2.03. The van der Waals surface area contributed by atoms with Crippen molar-refractivity contribution in [1.29, 1.82) is 0 Å². The highest BCUT2D eigenvalue weighted by Crippen LogP contribution is 2.41. The lowest BCUT2D eigenvalue weighted by Gasteiger charge is -2.43. The van der Waals surface area contributed by atoms with Gasteiger partial charge in [0.15, 0.2) is 5.69 Å². The number of morpholine rings is 1. The molecule has 1 spiro atoms. The van der Waals surface area contributed by atoms with Gasteiger partial charge in [-0.2, -0.15) is 0 Å². The first-order valence-electron chi connectivity index (χ1n) is 8.09. The van der Waals surface area contributed by atoms with Gasteiger partial charge < -0.3 is 18.9 Å². The molecule has 0 bridgehead atoms. The maximum Gasteiger partial charge on any atom is 0.276 e. The Morgan fingerprint density at radius 3 is 3.18 bits per heavy atom. The van der Waals surface area contributed by atoms with Crippen molar-refractivity contribution in [2.24, 2.45) is 5.92 Å².